The number of methoxy groups -OCH3 is 1. The Morgan fingerprint density at radius 3 is 3.15 bits per heavy atom. The van der Waals surface area contributed by atoms with Gasteiger partial charge in [0, 0.05) is 7.11 Å². The lowest BCUT2D eigenvalue weighted by atomic mass is 10.3. The molecular formula is C7H12FN3O2. The van der Waals surface area contributed by atoms with Crippen molar-refractivity contribution in [1.82, 2.24) is 15.0 Å². The molecule has 0 spiro atoms. The number of aryl methyl sites for hydroxylation is 1. The summed E-state index contributed by atoms with van der Waals surface area (Å²) in [5.41, 5.74) is 0.472. The van der Waals surface area contributed by atoms with Crippen molar-refractivity contribution in [2.24, 2.45) is 0 Å². The van der Waals surface area contributed by atoms with E-state index in [-0.39, 0.29) is 13.2 Å². The summed E-state index contributed by atoms with van der Waals surface area (Å²) in [4.78, 5) is 0. The zero-order valence-corrected chi connectivity index (χ0v) is 7.35. The second-order valence-corrected chi connectivity index (χ2v) is 2.54. The molecule has 1 aromatic rings. The van der Waals surface area contributed by atoms with E-state index in [2.05, 4.69) is 10.3 Å². The summed E-state index contributed by atoms with van der Waals surface area (Å²) in [5.74, 6) is 0. The summed E-state index contributed by atoms with van der Waals surface area (Å²) >= 11 is 0. The number of aliphatic hydroxyl groups is 1. The van der Waals surface area contributed by atoms with Crippen molar-refractivity contribution in [3.63, 3.8) is 0 Å². The highest BCUT2D eigenvalue weighted by Gasteiger charge is 2.13. The lowest BCUT2D eigenvalue weighted by Gasteiger charge is -2.09. The van der Waals surface area contributed by atoms with Crippen LogP contribution in [0.5, 0.6) is 0 Å². The fourth-order valence-electron chi connectivity index (χ4n) is 1.02. The van der Waals surface area contributed by atoms with Crippen LogP contribution in [0.3, 0.4) is 0 Å². The van der Waals surface area contributed by atoms with Crippen LogP contribution in [0.2, 0.25) is 0 Å². The Labute approximate surface area is 75.1 Å². The molecule has 0 amide bonds. The van der Waals surface area contributed by atoms with Crippen molar-refractivity contribution in [3.05, 3.63) is 11.9 Å². The lowest BCUT2D eigenvalue weighted by molar-refractivity contribution is 0.0583. The first kappa shape index (κ1) is 10.1. The molecule has 0 aliphatic heterocycles. The topological polar surface area (TPSA) is 60.2 Å². The van der Waals surface area contributed by atoms with Gasteiger partial charge in [0.15, 0.2) is 0 Å². The molecule has 0 unspecified atom stereocenters. The third kappa shape index (κ3) is 2.46. The largest absolute Gasteiger partial charge is 0.384 e. The zero-order valence-electron chi connectivity index (χ0n) is 7.35. The average molecular weight is 189 g/mol. The Morgan fingerprint density at radius 1 is 1.77 bits per heavy atom. The van der Waals surface area contributed by atoms with Crippen molar-refractivity contribution in [1.29, 1.82) is 0 Å². The Balaban J connectivity index is 2.68. The maximum absolute atomic E-state index is 12.0. The van der Waals surface area contributed by atoms with Gasteiger partial charge in [-0.25, -0.2) is 9.07 Å². The second-order valence-electron chi connectivity index (χ2n) is 2.54. The van der Waals surface area contributed by atoms with Gasteiger partial charge in [-0.3, -0.25) is 0 Å². The Bertz CT molecular complexity index is 254. The van der Waals surface area contributed by atoms with E-state index >= 15 is 0 Å². The summed E-state index contributed by atoms with van der Waals surface area (Å²) in [6.07, 6.45) is 0.603. The van der Waals surface area contributed by atoms with E-state index in [9.17, 15) is 9.50 Å². The zero-order chi connectivity index (χ0) is 9.68. The highest BCUT2D eigenvalue weighted by atomic mass is 19.1. The molecule has 6 heteroatoms. The van der Waals surface area contributed by atoms with Crippen LogP contribution in [-0.4, -0.2) is 40.5 Å². The molecule has 0 saturated heterocycles. The smallest absolute Gasteiger partial charge is 0.120 e. The monoisotopic (exact) mass is 189 g/mol. The predicted molar refractivity (Wildman–Crippen MR) is 42.8 cm³/mol. The van der Waals surface area contributed by atoms with Gasteiger partial charge in [-0.05, 0) is 0 Å². The van der Waals surface area contributed by atoms with Crippen molar-refractivity contribution in [2.75, 3.05) is 20.4 Å². The van der Waals surface area contributed by atoms with E-state index in [4.69, 9.17) is 4.74 Å². The van der Waals surface area contributed by atoms with Crippen LogP contribution >= 0.6 is 0 Å². The molecule has 1 heterocycles. The molecule has 0 radical (unpaired) electrons. The van der Waals surface area contributed by atoms with Crippen LogP contribution in [0, 0.1) is 0 Å². The lowest BCUT2D eigenvalue weighted by Crippen LogP contribution is -2.13. The third-order valence-electron chi connectivity index (χ3n) is 1.61. The van der Waals surface area contributed by atoms with Gasteiger partial charge >= 0.3 is 0 Å². The fourth-order valence-corrected chi connectivity index (χ4v) is 1.02. The predicted octanol–water partition coefficient (Wildman–Crippen LogP) is -0.0726. The average Bonchev–Trinajstić information content (AvgIpc) is 2.54. The van der Waals surface area contributed by atoms with E-state index in [0.717, 1.165) is 0 Å². The van der Waals surface area contributed by atoms with E-state index < -0.39 is 12.8 Å². The Morgan fingerprint density at radius 2 is 2.54 bits per heavy atom. The molecule has 1 aromatic heterocycles. The maximum Gasteiger partial charge on any atom is 0.120 e. The summed E-state index contributed by atoms with van der Waals surface area (Å²) < 4.78 is 18.1. The molecule has 13 heavy (non-hydrogen) atoms. The van der Waals surface area contributed by atoms with Crippen LogP contribution in [0.1, 0.15) is 11.8 Å². The molecule has 5 nitrogen and oxygen atoms in total. The molecule has 0 aliphatic rings. The van der Waals surface area contributed by atoms with Crippen molar-refractivity contribution in [2.45, 2.75) is 12.6 Å². The molecule has 1 rings (SSSR count). The number of hydrogen-bond donors (Lipinski definition) is 1. The molecule has 1 N–H and O–H groups in total. The first-order valence-corrected chi connectivity index (χ1v) is 3.91. The summed E-state index contributed by atoms with van der Waals surface area (Å²) in [5, 5.41) is 16.7. The number of aliphatic hydroxyl groups excluding tert-OH is 1. The van der Waals surface area contributed by atoms with Gasteiger partial charge in [0.2, 0.25) is 0 Å². The van der Waals surface area contributed by atoms with E-state index in [1.807, 2.05) is 0 Å². The maximum atomic E-state index is 12.0. The van der Waals surface area contributed by atoms with E-state index in [1.54, 1.807) is 0 Å². The summed E-state index contributed by atoms with van der Waals surface area (Å²) in [6.45, 7) is -0.272. The number of hydrogen-bond acceptors (Lipinski definition) is 4. The summed E-state index contributed by atoms with van der Waals surface area (Å²) in [6, 6.07) is 0. The van der Waals surface area contributed by atoms with Crippen molar-refractivity contribution in [3.8, 4) is 0 Å². The number of nitrogens with zero attached hydrogens (tertiary/aromatic N) is 3. The molecule has 0 fully saturated rings. The van der Waals surface area contributed by atoms with E-state index in [0.29, 0.717) is 5.69 Å². The molecule has 1 atom stereocenters. The van der Waals surface area contributed by atoms with Crippen LogP contribution in [0.15, 0.2) is 6.20 Å². The highest BCUT2D eigenvalue weighted by Crippen LogP contribution is 2.10. The molecule has 74 valence electrons. The number of alkyl halides is 1. The van der Waals surface area contributed by atoms with Crippen LogP contribution in [-0.2, 0) is 11.3 Å². The molecular weight excluding hydrogens is 177 g/mol. The van der Waals surface area contributed by atoms with Gasteiger partial charge in [0.25, 0.3) is 0 Å². The van der Waals surface area contributed by atoms with Gasteiger partial charge in [-0.2, -0.15) is 0 Å². The normalized spacial score (nSPS) is 13.2. The van der Waals surface area contributed by atoms with Gasteiger partial charge in [-0.1, -0.05) is 5.21 Å². The van der Waals surface area contributed by atoms with Crippen LogP contribution in [0.25, 0.3) is 0 Å². The standard InChI is InChI=1S/C7H12FN3O2/c1-13-5-7(12)6-4-9-10-11(6)3-2-8/h4,7,12H,2-3,5H2,1H3/t7-/m0/s1. The minimum Gasteiger partial charge on any atom is -0.384 e. The number of halogens is 1. The summed E-state index contributed by atoms with van der Waals surface area (Å²) in [7, 11) is 1.48. The first-order valence-electron chi connectivity index (χ1n) is 3.91. The Kier molecular flexibility index (Phi) is 3.78. The second kappa shape index (κ2) is 4.88. The molecule has 0 bridgehead atoms. The van der Waals surface area contributed by atoms with Gasteiger partial charge in [-0.15, -0.1) is 5.10 Å². The van der Waals surface area contributed by atoms with Crippen molar-refractivity contribution < 1.29 is 14.2 Å². The minimum absolute atomic E-state index is 0.107. The third-order valence-corrected chi connectivity index (χ3v) is 1.61. The van der Waals surface area contributed by atoms with E-state index in [1.165, 1.54) is 18.0 Å². The van der Waals surface area contributed by atoms with Crippen LogP contribution in [0.4, 0.5) is 4.39 Å². The SMILES string of the molecule is COC[C@H](O)c1cnnn1CCF. The minimum atomic E-state index is -0.799. The first-order chi connectivity index (χ1) is 6.29. The van der Waals surface area contributed by atoms with Crippen molar-refractivity contribution >= 4 is 0 Å². The molecule has 0 aliphatic carbocycles. The van der Waals surface area contributed by atoms with Gasteiger partial charge in [0.05, 0.1) is 25.0 Å². The molecule has 0 aromatic carbocycles. The fraction of sp³-hybridized carbons (Fsp3) is 0.714. The highest BCUT2D eigenvalue weighted by molar-refractivity contribution is 4.98. The van der Waals surface area contributed by atoms with Gasteiger partial charge < -0.3 is 9.84 Å². The molecule has 0 saturated carbocycles. The number of rotatable bonds is 5. The number of ether oxygens (including phenoxy) is 1. The van der Waals surface area contributed by atoms with Crippen LogP contribution < -0.4 is 0 Å². The Hall–Kier alpha value is -1.01. The van der Waals surface area contributed by atoms with Gasteiger partial charge in [0.1, 0.15) is 12.8 Å². The quantitative estimate of drug-likeness (QED) is 0.704. The number of aromatic nitrogens is 3.